The van der Waals surface area contributed by atoms with E-state index in [-0.39, 0.29) is 5.91 Å². The number of rotatable bonds is 3. The Morgan fingerprint density at radius 2 is 1.56 bits per heavy atom. The van der Waals surface area contributed by atoms with Crippen molar-refractivity contribution in [2.75, 3.05) is 0 Å². The van der Waals surface area contributed by atoms with Gasteiger partial charge in [-0.3, -0.25) is 9.78 Å². The standard InChI is InChI=1S/C20H22N4O/c1-11-6-7-16-17(9-14(4)24-19(16)15(11)5)20(25)21-10-18-22-12(2)8-13(3)23-18/h6-9H,10H2,1-5H3,(H,21,25). The number of nitrogens with zero attached hydrogens (tertiary/aromatic N) is 3. The van der Waals surface area contributed by atoms with Crippen LogP contribution < -0.4 is 5.32 Å². The van der Waals surface area contributed by atoms with Crippen LogP contribution >= 0.6 is 0 Å². The summed E-state index contributed by atoms with van der Waals surface area (Å²) in [6, 6.07) is 7.73. The summed E-state index contributed by atoms with van der Waals surface area (Å²) >= 11 is 0. The van der Waals surface area contributed by atoms with Crippen molar-refractivity contribution in [1.82, 2.24) is 20.3 Å². The number of nitrogens with one attached hydrogen (secondary N) is 1. The maximum Gasteiger partial charge on any atom is 0.252 e. The highest BCUT2D eigenvalue weighted by molar-refractivity contribution is 6.06. The lowest BCUT2D eigenvalue weighted by atomic mass is 10.0. The van der Waals surface area contributed by atoms with Crippen molar-refractivity contribution in [1.29, 1.82) is 0 Å². The molecule has 128 valence electrons. The molecule has 2 heterocycles. The van der Waals surface area contributed by atoms with E-state index in [4.69, 9.17) is 0 Å². The number of aromatic nitrogens is 3. The molecule has 1 N–H and O–H groups in total. The van der Waals surface area contributed by atoms with Crippen LogP contribution in [-0.4, -0.2) is 20.9 Å². The number of hydrogen-bond acceptors (Lipinski definition) is 4. The van der Waals surface area contributed by atoms with Crippen LogP contribution in [0.3, 0.4) is 0 Å². The van der Waals surface area contributed by atoms with Crippen LogP contribution in [0.4, 0.5) is 0 Å². The SMILES string of the molecule is Cc1cc(C)nc(CNC(=O)c2cc(C)nc3c(C)c(C)ccc23)n1. The van der Waals surface area contributed by atoms with Crippen LogP contribution in [0.15, 0.2) is 24.3 Å². The topological polar surface area (TPSA) is 67.8 Å². The quantitative estimate of drug-likeness (QED) is 0.796. The number of carbonyl (C=O) groups is 1. The van der Waals surface area contributed by atoms with Crippen LogP contribution in [0.5, 0.6) is 0 Å². The van der Waals surface area contributed by atoms with E-state index in [9.17, 15) is 4.79 Å². The summed E-state index contributed by atoms with van der Waals surface area (Å²) in [6.45, 7) is 10.1. The number of fused-ring (bicyclic) bond motifs is 1. The molecule has 3 aromatic rings. The Kier molecular flexibility index (Phi) is 4.49. The summed E-state index contributed by atoms with van der Waals surface area (Å²) < 4.78 is 0. The van der Waals surface area contributed by atoms with E-state index in [1.54, 1.807) is 0 Å². The maximum atomic E-state index is 12.8. The van der Waals surface area contributed by atoms with Crippen LogP contribution in [0, 0.1) is 34.6 Å². The molecule has 2 aromatic heterocycles. The van der Waals surface area contributed by atoms with E-state index in [1.807, 2.05) is 52.0 Å². The number of benzene rings is 1. The first-order valence-electron chi connectivity index (χ1n) is 8.32. The fraction of sp³-hybridized carbons (Fsp3) is 0.300. The number of aryl methyl sites for hydroxylation is 5. The lowest BCUT2D eigenvalue weighted by Gasteiger charge is -2.12. The van der Waals surface area contributed by atoms with Gasteiger partial charge in [-0.2, -0.15) is 0 Å². The smallest absolute Gasteiger partial charge is 0.252 e. The average Bonchev–Trinajstić information content (AvgIpc) is 2.55. The van der Waals surface area contributed by atoms with E-state index in [2.05, 4.69) is 27.2 Å². The molecule has 0 aliphatic heterocycles. The monoisotopic (exact) mass is 334 g/mol. The number of amides is 1. The van der Waals surface area contributed by atoms with Gasteiger partial charge in [0.1, 0.15) is 5.82 Å². The predicted octanol–water partition coefficient (Wildman–Crippen LogP) is 3.50. The maximum absolute atomic E-state index is 12.8. The Hall–Kier alpha value is -2.82. The third-order valence-corrected chi connectivity index (χ3v) is 4.31. The van der Waals surface area contributed by atoms with Crippen molar-refractivity contribution in [3.05, 3.63) is 63.9 Å². The molecule has 0 radical (unpaired) electrons. The molecule has 0 saturated carbocycles. The number of pyridine rings is 1. The molecule has 0 fully saturated rings. The zero-order chi connectivity index (χ0) is 18.1. The molecule has 0 bridgehead atoms. The third-order valence-electron chi connectivity index (χ3n) is 4.31. The minimum atomic E-state index is -0.137. The molecule has 1 amide bonds. The molecule has 3 rings (SSSR count). The fourth-order valence-electron chi connectivity index (χ4n) is 2.98. The Bertz CT molecular complexity index is 959. The summed E-state index contributed by atoms with van der Waals surface area (Å²) in [5, 5.41) is 3.80. The summed E-state index contributed by atoms with van der Waals surface area (Å²) in [7, 11) is 0. The van der Waals surface area contributed by atoms with Crippen LogP contribution in [-0.2, 0) is 6.54 Å². The molecule has 25 heavy (non-hydrogen) atoms. The molecule has 0 aliphatic rings. The first-order chi connectivity index (χ1) is 11.8. The second-order valence-electron chi connectivity index (χ2n) is 6.46. The Labute approximate surface area is 147 Å². The lowest BCUT2D eigenvalue weighted by Crippen LogP contribution is -2.24. The zero-order valence-electron chi connectivity index (χ0n) is 15.3. The molecule has 5 heteroatoms. The highest BCUT2D eigenvalue weighted by Crippen LogP contribution is 2.24. The van der Waals surface area contributed by atoms with E-state index in [0.717, 1.165) is 33.5 Å². The van der Waals surface area contributed by atoms with Gasteiger partial charge in [-0.25, -0.2) is 9.97 Å². The zero-order valence-corrected chi connectivity index (χ0v) is 15.3. The average molecular weight is 334 g/mol. The van der Waals surface area contributed by atoms with Gasteiger partial charge in [0.15, 0.2) is 0 Å². The van der Waals surface area contributed by atoms with Gasteiger partial charge in [0.2, 0.25) is 0 Å². The van der Waals surface area contributed by atoms with Gasteiger partial charge in [0.25, 0.3) is 5.91 Å². The fourth-order valence-corrected chi connectivity index (χ4v) is 2.98. The van der Waals surface area contributed by atoms with E-state index in [0.29, 0.717) is 17.9 Å². The molecular formula is C20H22N4O. The van der Waals surface area contributed by atoms with Crippen molar-refractivity contribution in [3.8, 4) is 0 Å². The molecule has 0 aliphatic carbocycles. The van der Waals surface area contributed by atoms with Gasteiger partial charge >= 0.3 is 0 Å². The van der Waals surface area contributed by atoms with Crippen LogP contribution in [0.2, 0.25) is 0 Å². The molecule has 0 saturated heterocycles. The number of hydrogen-bond donors (Lipinski definition) is 1. The summed E-state index contributed by atoms with van der Waals surface area (Å²) in [6.07, 6.45) is 0. The normalized spacial score (nSPS) is 10.9. The predicted molar refractivity (Wildman–Crippen MR) is 98.6 cm³/mol. The highest BCUT2D eigenvalue weighted by atomic mass is 16.1. The molecule has 5 nitrogen and oxygen atoms in total. The molecule has 0 unspecified atom stereocenters. The van der Waals surface area contributed by atoms with Gasteiger partial charge in [-0.15, -0.1) is 0 Å². The van der Waals surface area contributed by atoms with E-state index < -0.39 is 0 Å². The third kappa shape index (κ3) is 3.50. The second kappa shape index (κ2) is 6.59. The van der Waals surface area contributed by atoms with Crippen molar-refractivity contribution in [3.63, 3.8) is 0 Å². The van der Waals surface area contributed by atoms with E-state index >= 15 is 0 Å². The molecule has 0 atom stereocenters. The minimum absolute atomic E-state index is 0.137. The number of carbonyl (C=O) groups excluding carboxylic acids is 1. The van der Waals surface area contributed by atoms with Gasteiger partial charge in [0, 0.05) is 22.5 Å². The van der Waals surface area contributed by atoms with Gasteiger partial charge in [0.05, 0.1) is 17.6 Å². The molecule has 0 spiro atoms. The highest BCUT2D eigenvalue weighted by Gasteiger charge is 2.14. The summed E-state index contributed by atoms with van der Waals surface area (Å²) in [5.74, 6) is 0.481. The van der Waals surface area contributed by atoms with Crippen molar-refractivity contribution in [2.45, 2.75) is 41.2 Å². The van der Waals surface area contributed by atoms with Crippen LogP contribution in [0.1, 0.15) is 44.4 Å². The summed E-state index contributed by atoms with van der Waals surface area (Å²) in [4.78, 5) is 26.1. The molecule has 1 aromatic carbocycles. The Morgan fingerprint density at radius 3 is 2.24 bits per heavy atom. The largest absolute Gasteiger partial charge is 0.345 e. The van der Waals surface area contributed by atoms with Crippen molar-refractivity contribution in [2.24, 2.45) is 0 Å². The minimum Gasteiger partial charge on any atom is -0.345 e. The van der Waals surface area contributed by atoms with Crippen LogP contribution in [0.25, 0.3) is 10.9 Å². The van der Waals surface area contributed by atoms with Gasteiger partial charge < -0.3 is 5.32 Å². The van der Waals surface area contributed by atoms with Gasteiger partial charge in [-0.05, 0) is 57.9 Å². The molecular weight excluding hydrogens is 312 g/mol. The lowest BCUT2D eigenvalue weighted by molar-refractivity contribution is 0.0951. The van der Waals surface area contributed by atoms with Crippen molar-refractivity contribution < 1.29 is 4.79 Å². The first-order valence-corrected chi connectivity index (χ1v) is 8.32. The summed E-state index contributed by atoms with van der Waals surface area (Å²) in [5.41, 5.74) is 6.41. The van der Waals surface area contributed by atoms with E-state index in [1.165, 1.54) is 5.56 Å². The van der Waals surface area contributed by atoms with Crippen molar-refractivity contribution >= 4 is 16.8 Å². The Balaban J connectivity index is 1.93. The van der Waals surface area contributed by atoms with Gasteiger partial charge in [-0.1, -0.05) is 12.1 Å². The first kappa shape index (κ1) is 17.0. The Morgan fingerprint density at radius 1 is 0.920 bits per heavy atom. The second-order valence-corrected chi connectivity index (χ2v) is 6.46.